The summed E-state index contributed by atoms with van der Waals surface area (Å²) in [6.45, 7) is 4.02. The van der Waals surface area contributed by atoms with Gasteiger partial charge in [0.1, 0.15) is 11.6 Å². The van der Waals surface area contributed by atoms with E-state index in [1.54, 1.807) is 7.11 Å². The maximum absolute atomic E-state index is 14.3. The summed E-state index contributed by atoms with van der Waals surface area (Å²) in [4.78, 5) is 2.43. The van der Waals surface area contributed by atoms with Gasteiger partial charge in [-0.15, -0.1) is 24.8 Å². The van der Waals surface area contributed by atoms with Gasteiger partial charge in [-0.05, 0) is 24.8 Å². The van der Waals surface area contributed by atoms with Gasteiger partial charge in [-0.2, -0.15) is 0 Å². The van der Waals surface area contributed by atoms with E-state index in [-0.39, 0.29) is 36.7 Å². The lowest BCUT2D eigenvalue weighted by Crippen LogP contribution is -2.45. The molecule has 0 radical (unpaired) electrons. The number of hydrogen-bond acceptors (Lipinski definition) is 3. The number of nitrogens with zero attached hydrogens (tertiary/aromatic N) is 1. The van der Waals surface area contributed by atoms with Crippen LogP contribution in [0.4, 0.5) is 4.39 Å². The van der Waals surface area contributed by atoms with E-state index in [1.807, 2.05) is 12.1 Å². The second-order valence-electron chi connectivity index (χ2n) is 5.46. The summed E-state index contributed by atoms with van der Waals surface area (Å²) in [6.07, 6.45) is 2.44. The second-order valence-corrected chi connectivity index (χ2v) is 5.46. The maximum atomic E-state index is 14.3. The largest absolute Gasteiger partial charge is 0.497 e. The van der Waals surface area contributed by atoms with E-state index in [1.165, 1.54) is 18.9 Å². The third-order valence-corrected chi connectivity index (χ3v) is 4.14. The Kier molecular flexibility index (Phi) is 7.21. The lowest BCUT2D eigenvalue weighted by atomic mass is 9.99. The topological polar surface area (TPSA) is 24.5 Å². The van der Waals surface area contributed by atoms with Crippen LogP contribution in [0.25, 0.3) is 0 Å². The molecule has 1 saturated heterocycles. The summed E-state index contributed by atoms with van der Waals surface area (Å²) in [7, 11) is 1.57. The van der Waals surface area contributed by atoms with Crippen LogP contribution in [0.15, 0.2) is 18.2 Å². The van der Waals surface area contributed by atoms with Crippen molar-refractivity contribution in [3.05, 3.63) is 29.6 Å². The van der Waals surface area contributed by atoms with Crippen LogP contribution in [-0.2, 0) is 0 Å². The zero-order valence-corrected chi connectivity index (χ0v) is 13.8. The number of methoxy groups -OCH3 is 1. The number of halogens is 3. The third kappa shape index (κ3) is 4.22. The molecule has 0 amide bonds. The minimum absolute atomic E-state index is 0. The van der Waals surface area contributed by atoms with Crippen molar-refractivity contribution >= 4 is 24.8 Å². The molecule has 1 aromatic rings. The molecular weight excluding hydrogens is 314 g/mol. The van der Waals surface area contributed by atoms with Crippen LogP contribution in [0.3, 0.4) is 0 Å². The van der Waals surface area contributed by atoms with Gasteiger partial charge in [0.05, 0.1) is 7.11 Å². The number of nitrogens with one attached hydrogen (secondary N) is 1. The molecule has 3 rings (SSSR count). The Balaban J connectivity index is 0.00000110. The van der Waals surface area contributed by atoms with Crippen LogP contribution in [0.1, 0.15) is 24.4 Å². The molecule has 120 valence electrons. The molecule has 0 aromatic heterocycles. The lowest BCUT2D eigenvalue weighted by Gasteiger charge is -2.35. The predicted molar refractivity (Wildman–Crippen MR) is 87.4 cm³/mol. The molecule has 0 unspecified atom stereocenters. The molecule has 1 N–H and O–H groups in total. The molecule has 2 fully saturated rings. The first-order valence-electron chi connectivity index (χ1n) is 7.08. The molecule has 1 heterocycles. The van der Waals surface area contributed by atoms with Gasteiger partial charge in [-0.25, -0.2) is 4.39 Å². The SMILES string of the molecule is COc1ccc([C@@H](C2CC2)N2CCNCC2)c(F)c1.Cl.Cl. The van der Waals surface area contributed by atoms with Gasteiger partial charge < -0.3 is 10.1 Å². The van der Waals surface area contributed by atoms with E-state index in [0.717, 1.165) is 31.7 Å². The zero-order valence-electron chi connectivity index (χ0n) is 12.2. The molecule has 2 aliphatic rings. The van der Waals surface area contributed by atoms with Gasteiger partial charge in [0.2, 0.25) is 0 Å². The highest BCUT2D eigenvalue weighted by atomic mass is 35.5. The first-order chi connectivity index (χ1) is 9.29. The number of piperazine rings is 1. The Morgan fingerprint density at radius 3 is 2.43 bits per heavy atom. The number of hydrogen-bond donors (Lipinski definition) is 1. The molecule has 0 spiro atoms. The van der Waals surface area contributed by atoms with Crippen molar-refractivity contribution < 1.29 is 9.13 Å². The fraction of sp³-hybridized carbons (Fsp3) is 0.600. The Labute approximate surface area is 138 Å². The normalized spacial score (nSPS) is 20.1. The molecule has 3 nitrogen and oxygen atoms in total. The van der Waals surface area contributed by atoms with E-state index >= 15 is 0 Å². The predicted octanol–water partition coefficient (Wildman–Crippen LogP) is 3.03. The van der Waals surface area contributed by atoms with Crippen LogP contribution < -0.4 is 10.1 Å². The van der Waals surface area contributed by atoms with Crippen molar-refractivity contribution in [3.8, 4) is 5.75 Å². The third-order valence-electron chi connectivity index (χ3n) is 4.14. The second kappa shape index (κ2) is 8.18. The standard InChI is InChI=1S/C15H21FN2O.2ClH/c1-19-12-4-5-13(14(16)10-12)15(11-2-3-11)18-8-6-17-7-9-18;;/h4-5,10-11,15,17H,2-3,6-9H2,1H3;2*1H/t15-;;/m1../s1. The minimum atomic E-state index is -0.130. The van der Waals surface area contributed by atoms with Crippen LogP contribution >= 0.6 is 24.8 Å². The summed E-state index contributed by atoms with van der Waals surface area (Å²) in [5, 5.41) is 3.36. The molecular formula is C15H23Cl2FN2O. The number of rotatable bonds is 4. The summed E-state index contributed by atoms with van der Waals surface area (Å²) in [5.41, 5.74) is 0.838. The minimum Gasteiger partial charge on any atom is -0.497 e. The van der Waals surface area contributed by atoms with Gasteiger partial charge in [-0.3, -0.25) is 4.90 Å². The number of ether oxygens (including phenoxy) is 1. The van der Waals surface area contributed by atoms with Crippen molar-refractivity contribution in [1.29, 1.82) is 0 Å². The summed E-state index contributed by atoms with van der Waals surface area (Å²) in [6, 6.07) is 5.52. The first kappa shape index (κ1) is 18.5. The van der Waals surface area contributed by atoms with E-state index in [9.17, 15) is 4.39 Å². The average Bonchev–Trinajstić information content (AvgIpc) is 3.27. The monoisotopic (exact) mass is 336 g/mol. The van der Waals surface area contributed by atoms with Crippen molar-refractivity contribution in [2.75, 3.05) is 33.3 Å². The zero-order chi connectivity index (χ0) is 13.2. The van der Waals surface area contributed by atoms with Crippen LogP contribution in [0.2, 0.25) is 0 Å². The van der Waals surface area contributed by atoms with Gasteiger partial charge in [0.15, 0.2) is 0 Å². The summed E-state index contributed by atoms with van der Waals surface area (Å²) >= 11 is 0. The highest BCUT2D eigenvalue weighted by Crippen LogP contribution is 2.45. The fourth-order valence-corrected chi connectivity index (χ4v) is 3.00. The average molecular weight is 337 g/mol. The molecule has 1 aliphatic carbocycles. The highest BCUT2D eigenvalue weighted by molar-refractivity contribution is 5.85. The van der Waals surface area contributed by atoms with Gasteiger partial charge >= 0.3 is 0 Å². The molecule has 6 heteroatoms. The fourth-order valence-electron chi connectivity index (χ4n) is 3.00. The van der Waals surface area contributed by atoms with Crippen molar-refractivity contribution in [2.45, 2.75) is 18.9 Å². The van der Waals surface area contributed by atoms with Crippen LogP contribution in [0, 0.1) is 11.7 Å². The molecule has 21 heavy (non-hydrogen) atoms. The number of benzene rings is 1. The Morgan fingerprint density at radius 2 is 1.90 bits per heavy atom. The molecule has 1 saturated carbocycles. The Morgan fingerprint density at radius 1 is 1.24 bits per heavy atom. The van der Waals surface area contributed by atoms with E-state index in [4.69, 9.17) is 4.74 Å². The summed E-state index contributed by atoms with van der Waals surface area (Å²) < 4.78 is 19.4. The first-order valence-corrected chi connectivity index (χ1v) is 7.08. The Hall–Kier alpha value is -0.550. The maximum Gasteiger partial charge on any atom is 0.131 e. The van der Waals surface area contributed by atoms with Gasteiger partial charge in [0, 0.05) is 43.9 Å². The van der Waals surface area contributed by atoms with Crippen molar-refractivity contribution in [1.82, 2.24) is 10.2 Å². The molecule has 1 aliphatic heterocycles. The molecule has 1 atom stereocenters. The highest BCUT2D eigenvalue weighted by Gasteiger charge is 2.38. The van der Waals surface area contributed by atoms with E-state index < -0.39 is 0 Å². The smallest absolute Gasteiger partial charge is 0.131 e. The molecule has 0 bridgehead atoms. The lowest BCUT2D eigenvalue weighted by molar-refractivity contribution is 0.153. The van der Waals surface area contributed by atoms with E-state index in [2.05, 4.69) is 10.2 Å². The summed E-state index contributed by atoms with van der Waals surface area (Å²) in [5.74, 6) is 1.09. The molecule has 1 aromatic carbocycles. The quantitative estimate of drug-likeness (QED) is 0.914. The van der Waals surface area contributed by atoms with Crippen LogP contribution in [-0.4, -0.2) is 38.2 Å². The van der Waals surface area contributed by atoms with E-state index in [0.29, 0.717) is 11.7 Å². The van der Waals surface area contributed by atoms with Crippen molar-refractivity contribution in [2.24, 2.45) is 5.92 Å². The van der Waals surface area contributed by atoms with Crippen molar-refractivity contribution in [3.63, 3.8) is 0 Å². The van der Waals surface area contributed by atoms with Gasteiger partial charge in [-0.1, -0.05) is 6.07 Å². The Bertz CT molecular complexity index is 451. The van der Waals surface area contributed by atoms with Crippen LogP contribution in [0.5, 0.6) is 5.75 Å². The van der Waals surface area contributed by atoms with Gasteiger partial charge in [0.25, 0.3) is 0 Å².